The number of ether oxygens (including phenoxy) is 3. The highest BCUT2D eigenvalue weighted by molar-refractivity contribution is 6.42. The molecule has 9 heteroatoms. The van der Waals surface area contributed by atoms with Crippen LogP contribution in [0.5, 0.6) is 5.75 Å². The molecule has 2 aliphatic rings. The molecule has 0 aromatic heterocycles. The number of hydrogen-bond donors (Lipinski definition) is 1. The summed E-state index contributed by atoms with van der Waals surface area (Å²) in [6.45, 7) is 1.17. The highest BCUT2D eigenvalue weighted by Gasteiger charge is 2.19. The smallest absolute Gasteiger partial charge is 0.337 e. The lowest BCUT2D eigenvalue weighted by atomic mass is 10.1. The van der Waals surface area contributed by atoms with Gasteiger partial charge in [0.15, 0.2) is 0 Å². The van der Waals surface area contributed by atoms with E-state index in [2.05, 4.69) is 10.5 Å². The van der Waals surface area contributed by atoms with Crippen LogP contribution in [0.2, 0.25) is 10.0 Å². The molecule has 1 fully saturated rings. The molecule has 2 heterocycles. The Morgan fingerprint density at radius 2 is 2.17 bits per heavy atom. The third-order valence-corrected chi connectivity index (χ3v) is 5.07. The molecule has 156 valence electrons. The molecule has 1 atom stereocenters. The summed E-state index contributed by atoms with van der Waals surface area (Å²) in [6.07, 6.45) is 5.78. The summed E-state index contributed by atoms with van der Waals surface area (Å²) in [4.78, 5) is 17.5. The van der Waals surface area contributed by atoms with Gasteiger partial charge in [0.2, 0.25) is 6.29 Å². The second-order valence-electron chi connectivity index (χ2n) is 6.39. The lowest BCUT2D eigenvalue weighted by Crippen LogP contribution is -2.30. The molecule has 0 spiro atoms. The summed E-state index contributed by atoms with van der Waals surface area (Å²) >= 11 is 12.0. The maximum absolute atomic E-state index is 11.9. The number of methoxy groups -OCH3 is 1. The van der Waals surface area contributed by atoms with Crippen molar-refractivity contribution in [1.29, 1.82) is 0 Å². The van der Waals surface area contributed by atoms with E-state index in [1.54, 1.807) is 30.4 Å². The Morgan fingerprint density at radius 1 is 1.31 bits per heavy atom. The molecule has 0 saturated carbocycles. The Morgan fingerprint density at radius 3 is 2.90 bits per heavy atom. The first-order valence-corrected chi connectivity index (χ1v) is 9.99. The fourth-order valence-electron chi connectivity index (χ4n) is 2.77. The standard InChI is InChI=1S/C20H22Cl2N2O5/c1-26-20(25)13-7-8-23-17(10-13)18(24-29-19-4-2-3-9-27-19)12-28-14-5-6-15(21)16(22)11-14/h5-7,10-11,19,23H,2-4,8-9,12H2,1H3/b24-18+. The van der Waals surface area contributed by atoms with Gasteiger partial charge in [0.25, 0.3) is 0 Å². The van der Waals surface area contributed by atoms with Gasteiger partial charge in [0, 0.05) is 19.0 Å². The average molecular weight is 441 g/mol. The van der Waals surface area contributed by atoms with E-state index in [-0.39, 0.29) is 6.61 Å². The largest absolute Gasteiger partial charge is 0.487 e. The number of rotatable bonds is 7. The predicted octanol–water partition coefficient (Wildman–Crippen LogP) is 3.86. The van der Waals surface area contributed by atoms with E-state index in [1.165, 1.54) is 7.11 Å². The van der Waals surface area contributed by atoms with Crippen LogP contribution in [-0.4, -0.2) is 44.8 Å². The Bertz CT molecular complexity index is 832. The summed E-state index contributed by atoms with van der Waals surface area (Å²) in [6, 6.07) is 4.98. The highest BCUT2D eigenvalue weighted by atomic mass is 35.5. The van der Waals surface area contributed by atoms with Crippen LogP contribution in [0.4, 0.5) is 0 Å². The molecular formula is C20H22Cl2N2O5. The number of halogens is 2. The molecule has 0 amide bonds. The van der Waals surface area contributed by atoms with Crippen LogP contribution >= 0.6 is 23.2 Å². The third-order valence-electron chi connectivity index (χ3n) is 4.33. The molecule has 2 aliphatic heterocycles. The number of dihydropyridines is 1. The van der Waals surface area contributed by atoms with Gasteiger partial charge in [-0.1, -0.05) is 34.4 Å². The Balaban J connectivity index is 1.77. The van der Waals surface area contributed by atoms with Gasteiger partial charge in [-0.05, 0) is 31.1 Å². The van der Waals surface area contributed by atoms with Gasteiger partial charge >= 0.3 is 5.97 Å². The van der Waals surface area contributed by atoms with E-state index < -0.39 is 12.3 Å². The van der Waals surface area contributed by atoms with Gasteiger partial charge in [-0.25, -0.2) is 4.79 Å². The van der Waals surface area contributed by atoms with E-state index in [4.69, 9.17) is 42.3 Å². The summed E-state index contributed by atoms with van der Waals surface area (Å²) in [5.74, 6) is 0.103. The molecule has 3 rings (SSSR count). The Hall–Kier alpha value is -2.22. The van der Waals surface area contributed by atoms with Gasteiger partial charge in [0.05, 0.1) is 35.0 Å². The van der Waals surface area contributed by atoms with Crippen molar-refractivity contribution in [3.05, 3.63) is 51.7 Å². The maximum Gasteiger partial charge on any atom is 0.337 e. The molecule has 7 nitrogen and oxygen atoms in total. The zero-order chi connectivity index (χ0) is 20.6. The number of carbonyl (C=O) groups excluding carboxylic acids is 1. The van der Waals surface area contributed by atoms with Crippen molar-refractivity contribution in [2.24, 2.45) is 5.16 Å². The molecule has 1 unspecified atom stereocenters. The SMILES string of the molecule is COC(=O)C1=CCNC(/C(COc2ccc(Cl)c(Cl)c2)=N/OC2CCCCO2)=C1. The van der Waals surface area contributed by atoms with Crippen LogP contribution in [0.15, 0.2) is 46.8 Å². The molecule has 1 aromatic carbocycles. The van der Waals surface area contributed by atoms with Crippen molar-refractivity contribution in [2.75, 3.05) is 26.9 Å². The lowest BCUT2D eigenvalue weighted by molar-refractivity contribution is -0.162. The highest BCUT2D eigenvalue weighted by Crippen LogP contribution is 2.26. The normalized spacial score (nSPS) is 19.6. The summed E-state index contributed by atoms with van der Waals surface area (Å²) in [5.41, 5.74) is 1.50. The number of hydrogen-bond acceptors (Lipinski definition) is 7. The summed E-state index contributed by atoms with van der Waals surface area (Å²) in [7, 11) is 1.34. The van der Waals surface area contributed by atoms with Gasteiger partial charge in [-0.2, -0.15) is 0 Å². The number of carbonyl (C=O) groups is 1. The number of nitrogens with one attached hydrogen (secondary N) is 1. The van der Waals surface area contributed by atoms with Gasteiger partial charge in [0.1, 0.15) is 18.1 Å². The lowest BCUT2D eigenvalue weighted by Gasteiger charge is -2.22. The molecular weight excluding hydrogens is 419 g/mol. The van der Waals surface area contributed by atoms with Crippen LogP contribution in [0.1, 0.15) is 19.3 Å². The van der Waals surface area contributed by atoms with Crippen LogP contribution in [0.25, 0.3) is 0 Å². The minimum absolute atomic E-state index is 0.0813. The van der Waals surface area contributed by atoms with Crippen molar-refractivity contribution < 1.29 is 23.8 Å². The van der Waals surface area contributed by atoms with E-state index in [0.29, 0.717) is 45.9 Å². The molecule has 0 bridgehead atoms. The second kappa shape index (κ2) is 10.5. The zero-order valence-electron chi connectivity index (χ0n) is 16.0. The van der Waals surface area contributed by atoms with Gasteiger partial charge in [-0.15, -0.1) is 0 Å². The number of oxime groups is 1. The second-order valence-corrected chi connectivity index (χ2v) is 7.21. The van der Waals surface area contributed by atoms with E-state index in [9.17, 15) is 4.79 Å². The van der Waals surface area contributed by atoms with Gasteiger partial charge in [-0.3, -0.25) is 0 Å². The zero-order valence-corrected chi connectivity index (χ0v) is 17.5. The van der Waals surface area contributed by atoms with Crippen molar-refractivity contribution in [1.82, 2.24) is 5.32 Å². The first kappa shape index (κ1) is 21.5. The van der Waals surface area contributed by atoms with Crippen molar-refractivity contribution >= 4 is 34.9 Å². The predicted molar refractivity (Wildman–Crippen MR) is 110 cm³/mol. The minimum Gasteiger partial charge on any atom is -0.487 e. The summed E-state index contributed by atoms with van der Waals surface area (Å²) < 4.78 is 16.2. The monoisotopic (exact) mass is 440 g/mol. The van der Waals surface area contributed by atoms with Crippen LogP contribution < -0.4 is 10.1 Å². The van der Waals surface area contributed by atoms with Crippen LogP contribution in [-0.2, 0) is 19.1 Å². The topological polar surface area (TPSA) is 78.4 Å². The number of benzene rings is 1. The number of nitrogens with zero attached hydrogens (tertiary/aromatic N) is 1. The Kier molecular flexibility index (Phi) is 7.80. The quantitative estimate of drug-likeness (QED) is 0.394. The first-order valence-electron chi connectivity index (χ1n) is 9.23. The van der Waals surface area contributed by atoms with E-state index in [0.717, 1.165) is 19.3 Å². The average Bonchev–Trinajstić information content (AvgIpc) is 2.76. The van der Waals surface area contributed by atoms with Crippen molar-refractivity contribution in [3.63, 3.8) is 0 Å². The van der Waals surface area contributed by atoms with E-state index in [1.807, 2.05) is 0 Å². The van der Waals surface area contributed by atoms with Crippen LogP contribution in [0.3, 0.4) is 0 Å². The van der Waals surface area contributed by atoms with Crippen molar-refractivity contribution in [3.8, 4) is 5.75 Å². The number of esters is 1. The van der Waals surface area contributed by atoms with E-state index >= 15 is 0 Å². The summed E-state index contributed by atoms with van der Waals surface area (Å²) in [5, 5.41) is 8.24. The molecule has 0 radical (unpaired) electrons. The molecule has 1 aromatic rings. The molecule has 1 saturated heterocycles. The molecule has 1 N–H and O–H groups in total. The molecule has 0 aliphatic carbocycles. The van der Waals surface area contributed by atoms with Gasteiger partial charge < -0.3 is 24.4 Å². The Labute approximate surface area is 179 Å². The maximum atomic E-state index is 11.9. The van der Waals surface area contributed by atoms with Crippen LogP contribution in [0, 0.1) is 0 Å². The third kappa shape index (κ3) is 6.13. The minimum atomic E-state index is -0.426. The molecule has 29 heavy (non-hydrogen) atoms. The fraction of sp³-hybridized carbons (Fsp3) is 0.400. The van der Waals surface area contributed by atoms with Crippen molar-refractivity contribution in [2.45, 2.75) is 25.6 Å². The fourth-order valence-corrected chi connectivity index (χ4v) is 3.06. The first-order chi connectivity index (χ1) is 14.1.